The van der Waals surface area contributed by atoms with Gasteiger partial charge in [0, 0.05) is 22.9 Å². The van der Waals surface area contributed by atoms with Crippen LogP contribution in [0.1, 0.15) is 34.3 Å². The fraction of sp³-hybridized carbons (Fsp3) is 0.200. The van der Waals surface area contributed by atoms with Gasteiger partial charge in [0.2, 0.25) is 5.91 Å². The van der Waals surface area contributed by atoms with E-state index in [1.54, 1.807) is 36.4 Å². The largest absolute Gasteiger partial charge is 0.326 e. The zero-order valence-electron chi connectivity index (χ0n) is 18.4. The average Bonchev–Trinajstić information content (AvgIpc) is 3.63. The lowest BCUT2D eigenvalue weighted by atomic mass is 10.1. The van der Waals surface area contributed by atoms with Crippen LogP contribution in [0.15, 0.2) is 71.6 Å². The summed E-state index contributed by atoms with van der Waals surface area (Å²) < 4.78 is 28.1. The fourth-order valence-electron chi connectivity index (χ4n) is 3.32. The number of amides is 2. The molecular formula is C25H25N3O4S. The van der Waals surface area contributed by atoms with Crippen LogP contribution < -0.4 is 15.4 Å². The van der Waals surface area contributed by atoms with Gasteiger partial charge in [0.1, 0.15) is 0 Å². The number of benzene rings is 3. The Morgan fingerprint density at radius 2 is 1.48 bits per heavy atom. The Morgan fingerprint density at radius 3 is 2.15 bits per heavy atom. The number of anilines is 3. The molecule has 0 spiro atoms. The van der Waals surface area contributed by atoms with Crippen molar-refractivity contribution in [1.82, 2.24) is 0 Å². The second-order valence-corrected chi connectivity index (χ2v) is 9.86. The number of rotatable bonds is 7. The van der Waals surface area contributed by atoms with Gasteiger partial charge in [-0.1, -0.05) is 18.2 Å². The molecule has 0 heterocycles. The van der Waals surface area contributed by atoms with E-state index in [0.29, 0.717) is 22.6 Å². The number of hydrogen-bond donors (Lipinski definition) is 3. The van der Waals surface area contributed by atoms with Crippen LogP contribution in [0.2, 0.25) is 0 Å². The quantitative estimate of drug-likeness (QED) is 0.472. The molecule has 0 radical (unpaired) electrons. The van der Waals surface area contributed by atoms with E-state index >= 15 is 0 Å². The molecule has 0 bridgehead atoms. The molecule has 3 aromatic rings. The lowest BCUT2D eigenvalue weighted by Crippen LogP contribution is -2.16. The highest BCUT2D eigenvalue weighted by molar-refractivity contribution is 7.92. The summed E-state index contributed by atoms with van der Waals surface area (Å²) in [6.07, 6.45) is 1.82. The normalized spacial score (nSPS) is 13.3. The first-order chi connectivity index (χ1) is 15.7. The summed E-state index contributed by atoms with van der Waals surface area (Å²) in [5.41, 5.74) is 3.81. The van der Waals surface area contributed by atoms with Gasteiger partial charge in [0.15, 0.2) is 0 Å². The summed E-state index contributed by atoms with van der Waals surface area (Å²) in [5.74, 6) is -0.306. The van der Waals surface area contributed by atoms with Crippen molar-refractivity contribution < 1.29 is 18.0 Å². The van der Waals surface area contributed by atoms with Gasteiger partial charge in [-0.3, -0.25) is 14.3 Å². The number of carbonyl (C=O) groups is 2. The smallest absolute Gasteiger partial charge is 0.261 e. The Bertz CT molecular complexity index is 1310. The maximum Gasteiger partial charge on any atom is 0.261 e. The monoisotopic (exact) mass is 463 g/mol. The Morgan fingerprint density at radius 1 is 0.848 bits per heavy atom. The van der Waals surface area contributed by atoms with E-state index in [2.05, 4.69) is 15.4 Å². The van der Waals surface area contributed by atoms with Crippen molar-refractivity contribution in [3.63, 3.8) is 0 Å². The van der Waals surface area contributed by atoms with Crippen LogP contribution in [0.5, 0.6) is 0 Å². The van der Waals surface area contributed by atoms with Crippen molar-refractivity contribution in [2.24, 2.45) is 5.92 Å². The van der Waals surface area contributed by atoms with E-state index < -0.39 is 10.0 Å². The van der Waals surface area contributed by atoms with E-state index in [1.807, 2.05) is 19.9 Å². The Kier molecular flexibility index (Phi) is 6.20. The van der Waals surface area contributed by atoms with Crippen LogP contribution in [0.25, 0.3) is 0 Å². The number of sulfonamides is 1. The van der Waals surface area contributed by atoms with E-state index in [-0.39, 0.29) is 22.6 Å². The van der Waals surface area contributed by atoms with Crippen molar-refractivity contribution in [3.05, 3.63) is 83.4 Å². The van der Waals surface area contributed by atoms with E-state index in [0.717, 1.165) is 24.0 Å². The van der Waals surface area contributed by atoms with Gasteiger partial charge in [0.25, 0.3) is 15.9 Å². The minimum Gasteiger partial charge on any atom is -0.326 e. The molecule has 1 fully saturated rings. The van der Waals surface area contributed by atoms with Crippen molar-refractivity contribution in [2.75, 3.05) is 15.4 Å². The molecule has 4 rings (SSSR count). The Labute approximate surface area is 193 Å². The van der Waals surface area contributed by atoms with Gasteiger partial charge in [0.05, 0.1) is 10.6 Å². The highest BCUT2D eigenvalue weighted by Crippen LogP contribution is 2.30. The lowest BCUT2D eigenvalue weighted by Gasteiger charge is -2.12. The van der Waals surface area contributed by atoms with Crippen molar-refractivity contribution in [2.45, 2.75) is 31.6 Å². The zero-order valence-corrected chi connectivity index (χ0v) is 19.2. The van der Waals surface area contributed by atoms with E-state index in [9.17, 15) is 18.0 Å². The molecule has 0 aromatic heterocycles. The maximum atomic E-state index is 12.8. The maximum absolute atomic E-state index is 12.8. The minimum absolute atomic E-state index is 0.00950. The summed E-state index contributed by atoms with van der Waals surface area (Å²) in [6, 6.07) is 18.1. The molecule has 170 valence electrons. The van der Waals surface area contributed by atoms with Gasteiger partial charge < -0.3 is 10.6 Å². The summed E-state index contributed by atoms with van der Waals surface area (Å²) >= 11 is 0. The SMILES string of the molecule is Cc1cccc(NS(=O)(=O)c2ccc(C(=O)Nc3cccc(NC(=O)C4CC4)c3)cc2)c1C. The van der Waals surface area contributed by atoms with Crippen LogP contribution in [0.3, 0.4) is 0 Å². The second kappa shape index (κ2) is 9.07. The first-order valence-corrected chi connectivity index (χ1v) is 12.1. The van der Waals surface area contributed by atoms with Gasteiger partial charge >= 0.3 is 0 Å². The first-order valence-electron chi connectivity index (χ1n) is 10.6. The van der Waals surface area contributed by atoms with Crippen LogP contribution >= 0.6 is 0 Å². The molecule has 0 saturated heterocycles. The fourth-order valence-corrected chi connectivity index (χ4v) is 4.44. The molecule has 2 amide bonds. The average molecular weight is 464 g/mol. The predicted molar refractivity (Wildman–Crippen MR) is 129 cm³/mol. The minimum atomic E-state index is -3.80. The summed E-state index contributed by atoms with van der Waals surface area (Å²) in [5, 5.41) is 5.62. The van der Waals surface area contributed by atoms with Crippen molar-refractivity contribution >= 4 is 38.9 Å². The van der Waals surface area contributed by atoms with E-state index in [4.69, 9.17) is 0 Å². The second-order valence-electron chi connectivity index (χ2n) is 8.18. The van der Waals surface area contributed by atoms with Gasteiger partial charge in [-0.2, -0.15) is 0 Å². The van der Waals surface area contributed by atoms with Crippen LogP contribution in [0, 0.1) is 19.8 Å². The van der Waals surface area contributed by atoms with Crippen LogP contribution in [-0.4, -0.2) is 20.2 Å². The van der Waals surface area contributed by atoms with Gasteiger partial charge in [-0.25, -0.2) is 8.42 Å². The molecule has 1 saturated carbocycles. The molecule has 0 unspecified atom stereocenters. The molecule has 3 aromatic carbocycles. The zero-order chi connectivity index (χ0) is 23.6. The summed E-state index contributed by atoms with van der Waals surface area (Å²) in [7, 11) is -3.80. The topological polar surface area (TPSA) is 104 Å². The number of nitrogens with one attached hydrogen (secondary N) is 3. The molecule has 8 heteroatoms. The molecular weight excluding hydrogens is 438 g/mol. The van der Waals surface area contributed by atoms with Gasteiger partial charge in [-0.15, -0.1) is 0 Å². The molecule has 1 aliphatic carbocycles. The third-order valence-corrected chi connectivity index (χ3v) is 6.99. The Hall–Kier alpha value is -3.65. The number of hydrogen-bond acceptors (Lipinski definition) is 4. The Balaban J connectivity index is 1.44. The number of aryl methyl sites for hydroxylation is 1. The summed E-state index contributed by atoms with van der Waals surface area (Å²) in [6.45, 7) is 3.77. The van der Waals surface area contributed by atoms with E-state index in [1.165, 1.54) is 24.3 Å². The highest BCUT2D eigenvalue weighted by Gasteiger charge is 2.29. The molecule has 7 nitrogen and oxygen atoms in total. The molecule has 0 atom stereocenters. The lowest BCUT2D eigenvalue weighted by molar-refractivity contribution is -0.117. The third-order valence-electron chi connectivity index (χ3n) is 5.61. The molecule has 1 aliphatic rings. The molecule has 0 aliphatic heterocycles. The van der Waals surface area contributed by atoms with Crippen LogP contribution in [0.4, 0.5) is 17.1 Å². The van der Waals surface area contributed by atoms with Crippen LogP contribution in [-0.2, 0) is 14.8 Å². The first kappa shape index (κ1) is 22.5. The highest BCUT2D eigenvalue weighted by atomic mass is 32.2. The standard InChI is InChI=1S/C25H25N3O4S/c1-16-5-3-8-23(17(16)2)28-33(31,32)22-13-11-19(12-14-22)25(30)27-21-7-4-6-20(15-21)26-24(29)18-9-10-18/h3-8,11-15,18,28H,9-10H2,1-2H3,(H,26,29)(H,27,30). The number of carbonyl (C=O) groups excluding carboxylic acids is 2. The molecule has 3 N–H and O–H groups in total. The van der Waals surface area contributed by atoms with Crippen molar-refractivity contribution in [3.8, 4) is 0 Å². The molecule has 33 heavy (non-hydrogen) atoms. The van der Waals surface area contributed by atoms with Gasteiger partial charge in [-0.05, 0) is 86.3 Å². The summed E-state index contributed by atoms with van der Waals surface area (Å²) in [4.78, 5) is 24.6. The van der Waals surface area contributed by atoms with Crippen molar-refractivity contribution in [1.29, 1.82) is 0 Å². The predicted octanol–water partition coefficient (Wildman–Crippen LogP) is 4.71. The third kappa shape index (κ3) is 5.40.